The van der Waals surface area contributed by atoms with E-state index >= 15 is 0 Å². The Morgan fingerprint density at radius 1 is 1.31 bits per heavy atom. The van der Waals surface area contributed by atoms with Gasteiger partial charge in [0, 0.05) is 18.7 Å². The van der Waals surface area contributed by atoms with Gasteiger partial charge < -0.3 is 18.8 Å². The van der Waals surface area contributed by atoms with Gasteiger partial charge in [-0.15, -0.1) is 0 Å². The number of para-hydroxylation sites is 1. The summed E-state index contributed by atoms with van der Waals surface area (Å²) in [5, 5.41) is 0.993. The molecule has 1 aliphatic rings. The number of aromatic nitrogens is 2. The molecular weight excluding hydrogens is 334 g/mol. The van der Waals surface area contributed by atoms with E-state index in [2.05, 4.69) is 9.97 Å². The average Bonchev–Trinajstić information content (AvgIpc) is 3.12. The number of carbonyl (C=O) groups is 1. The molecule has 0 atom stereocenters. The zero-order valence-corrected chi connectivity index (χ0v) is 14.6. The zero-order valence-electron chi connectivity index (χ0n) is 14.6. The number of pyridine rings is 1. The lowest BCUT2D eigenvalue weighted by molar-refractivity contribution is -0.0949. The Labute approximate surface area is 150 Å². The van der Waals surface area contributed by atoms with Gasteiger partial charge in [-0.3, -0.25) is 9.78 Å². The highest BCUT2D eigenvalue weighted by Gasteiger charge is 2.42. The Hall–Kier alpha value is -2.93. The molecule has 0 saturated carbocycles. The van der Waals surface area contributed by atoms with Crippen molar-refractivity contribution in [1.29, 1.82) is 0 Å². The molecule has 26 heavy (non-hydrogen) atoms. The maximum atomic E-state index is 12.4. The van der Waals surface area contributed by atoms with Crippen molar-refractivity contribution in [2.75, 3.05) is 20.2 Å². The summed E-state index contributed by atoms with van der Waals surface area (Å²) in [6.45, 7) is 3.18. The molecular formula is C19H19N3O4. The van der Waals surface area contributed by atoms with Crippen LogP contribution >= 0.6 is 0 Å². The van der Waals surface area contributed by atoms with Crippen molar-refractivity contribution in [3.8, 4) is 5.75 Å². The van der Waals surface area contributed by atoms with Crippen LogP contribution in [0, 0.1) is 0 Å². The summed E-state index contributed by atoms with van der Waals surface area (Å²) in [6.07, 6.45) is 3.09. The largest absolute Gasteiger partial charge is 0.482 e. The molecule has 0 aliphatic carbocycles. The van der Waals surface area contributed by atoms with Gasteiger partial charge >= 0.3 is 0 Å². The fourth-order valence-corrected chi connectivity index (χ4v) is 3.00. The highest BCUT2D eigenvalue weighted by molar-refractivity contribution is 5.92. The van der Waals surface area contributed by atoms with Crippen molar-refractivity contribution in [3.63, 3.8) is 0 Å². The molecule has 3 aromatic rings. The first kappa shape index (κ1) is 16.5. The van der Waals surface area contributed by atoms with Gasteiger partial charge in [0.1, 0.15) is 23.1 Å². The Balaban J connectivity index is 1.42. The summed E-state index contributed by atoms with van der Waals surface area (Å²) in [6, 6.07) is 9.56. The van der Waals surface area contributed by atoms with E-state index in [1.807, 2.05) is 37.3 Å². The smallest absolute Gasteiger partial charge is 0.276 e. The molecule has 0 spiro atoms. The van der Waals surface area contributed by atoms with Gasteiger partial charge in [0.2, 0.25) is 5.89 Å². The van der Waals surface area contributed by atoms with E-state index in [0.717, 1.165) is 10.9 Å². The minimum Gasteiger partial charge on any atom is -0.482 e. The Morgan fingerprint density at radius 3 is 2.92 bits per heavy atom. The molecule has 7 heteroatoms. The van der Waals surface area contributed by atoms with E-state index in [1.54, 1.807) is 18.2 Å². The monoisotopic (exact) mass is 353 g/mol. The van der Waals surface area contributed by atoms with Crippen molar-refractivity contribution in [1.82, 2.24) is 14.9 Å². The van der Waals surface area contributed by atoms with Crippen molar-refractivity contribution in [2.24, 2.45) is 0 Å². The van der Waals surface area contributed by atoms with Crippen LogP contribution in [0.2, 0.25) is 0 Å². The molecule has 2 aromatic heterocycles. The van der Waals surface area contributed by atoms with E-state index < -0.39 is 0 Å². The molecule has 0 radical (unpaired) electrons. The van der Waals surface area contributed by atoms with Gasteiger partial charge in [0.25, 0.3) is 5.91 Å². The average molecular weight is 353 g/mol. The van der Waals surface area contributed by atoms with Crippen molar-refractivity contribution in [2.45, 2.75) is 19.1 Å². The summed E-state index contributed by atoms with van der Waals surface area (Å²) < 4.78 is 16.5. The zero-order chi connectivity index (χ0) is 18.1. The number of ether oxygens (including phenoxy) is 2. The molecule has 7 nitrogen and oxygen atoms in total. The summed E-state index contributed by atoms with van der Waals surface area (Å²) in [5.74, 6) is 0.824. The second-order valence-electron chi connectivity index (χ2n) is 6.56. The van der Waals surface area contributed by atoms with Crippen molar-refractivity contribution >= 4 is 16.8 Å². The van der Waals surface area contributed by atoms with Gasteiger partial charge in [-0.05, 0) is 19.1 Å². The predicted molar refractivity (Wildman–Crippen MR) is 93.9 cm³/mol. The molecule has 1 aliphatic heterocycles. The standard InChI is InChI=1S/C19H19N3O4/c1-19(24-2)11-22(12-19)18(23)14-9-26-16(21-14)10-25-15-7-3-5-13-6-4-8-20-17(13)15/h3-9H,10-12H2,1-2H3. The number of nitrogens with zero attached hydrogens (tertiary/aromatic N) is 3. The minimum absolute atomic E-state index is 0.124. The maximum absolute atomic E-state index is 12.4. The third kappa shape index (κ3) is 3.01. The van der Waals surface area contributed by atoms with E-state index in [9.17, 15) is 4.79 Å². The number of carbonyl (C=O) groups excluding carboxylic acids is 1. The Bertz CT molecular complexity index is 941. The van der Waals surface area contributed by atoms with Crippen LogP contribution in [0.15, 0.2) is 47.2 Å². The molecule has 1 saturated heterocycles. The lowest BCUT2D eigenvalue weighted by atomic mass is 9.96. The molecule has 134 valence electrons. The summed E-state index contributed by atoms with van der Waals surface area (Å²) >= 11 is 0. The van der Waals surface area contributed by atoms with Crippen LogP contribution < -0.4 is 4.74 Å². The Kier molecular flexibility index (Phi) is 4.08. The first-order chi connectivity index (χ1) is 12.6. The number of fused-ring (bicyclic) bond motifs is 1. The molecule has 1 aromatic carbocycles. The van der Waals surface area contributed by atoms with E-state index in [1.165, 1.54) is 6.26 Å². The van der Waals surface area contributed by atoms with Crippen LogP contribution in [0.1, 0.15) is 23.3 Å². The highest BCUT2D eigenvalue weighted by atomic mass is 16.5. The van der Waals surface area contributed by atoms with Crippen molar-refractivity contribution < 1.29 is 18.7 Å². The van der Waals surface area contributed by atoms with Crippen molar-refractivity contribution in [3.05, 3.63) is 54.4 Å². The van der Waals surface area contributed by atoms with Crippen LogP contribution in [0.3, 0.4) is 0 Å². The molecule has 0 bridgehead atoms. The van der Waals surface area contributed by atoms with E-state index in [0.29, 0.717) is 24.7 Å². The summed E-state index contributed by atoms with van der Waals surface area (Å²) in [7, 11) is 1.65. The summed E-state index contributed by atoms with van der Waals surface area (Å²) in [5.41, 5.74) is 0.780. The third-order valence-electron chi connectivity index (χ3n) is 4.55. The van der Waals surface area contributed by atoms with E-state index in [4.69, 9.17) is 13.9 Å². The van der Waals surface area contributed by atoms with Crippen LogP contribution in [-0.4, -0.2) is 46.6 Å². The van der Waals surface area contributed by atoms with Gasteiger partial charge in [-0.2, -0.15) is 0 Å². The lowest BCUT2D eigenvalue weighted by Crippen LogP contribution is -2.62. The lowest BCUT2D eigenvalue weighted by Gasteiger charge is -2.46. The Morgan fingerprint density at radius 2 is 2.12 bits per heavy atom. The third-order valence-corrected chi connectivity index (χ3v) is 4.55. The number of amides is 1. The highest BCUT2D eigenvalue weighted by Crippen LogP contribution is 2.26. The second kappa shape index (κ2) is 6.42. The number of rotatable bonds is 5. The summed E-state index contributed by atoms with van der Waals surface area (Å²) in [4.78, 5) is 22.7. The topological polar surface area (TPSA) is 77.7 Å². The molecule has 1 amide bonds. The molecule has 3 heterocycles. The number of oxazole rings is 1. The van der Waals surface area contributed by atoms with Crippen LogP contribution in [0.4, 0.5) is 0 Å². The second-order valence-corrected chi connectivity index (χ2v) is 6.56. The minimum atomic E-state index is -0.271. The fourth-order valence-electron chi connectivity index (χ4n) is 3.00. The number of methoxy groups -OCH3 is 1. The maximum Gasteiger partial charge on any atom is 0.276 e. The number of benzene rings is 1. The first-order valence-electron chi connectivity index (χ1n) is 8.33. The number of hydrogen-bond acceptors (Lipinski definition) is 6. The van der Waals surface area contributed by atoms with Gasteiger partial charge in [0.05, 0.1) is 13.1 Å². The predicted octanol–water partition coefficient (Wildman–Crippen LogP) is 2.66. The molecule has 4 rings (SSSR count). The SMILES string of the molecule is COC1(C)CN(C(=O)c2coc(COc3cccc4cccnc34)n2)C1. The normalized spacial score (nSPS) is 15.7. The van der Waals surface area contributed by atoms with Gasteiger partial charge in [-0.1, -0.05) is 18.2 Å². The van der Waals surface area contributed by atoms with Crippen LogP contribution in [-0.2, 0) is 11.3 Å². The van der Waals surface area contributed by atoms with E-state index in [-0.39, 0.29) is 23.8 Å². The number of hydrogen-bond donors (Lipinski definition) is 0. The number of likely N-dealkylation sites (tertiary alicyclic amines) is 1. The quantitative estimate of drug-likeness (QED) is 0.702. The molecule has 0 N–H and O–H groups in total. The molecule has 0 unspecified atom stereocenters. The van der Waals surface area contributed by atoms with Gasteiger partial charge in [0.15, 0.2) is 12.3 Å². The van der Waals surface area contributed by atoms with Crippen LogP contribution in [0.25, 0.3) is 10.9 Å². The van der Waals surface area contributed by atoms with Gasteiger partial charge in [-0.25, -0.2) is 4.98 Å². The molecule has 1 fully saturated rings. The van der Waals surface area contributed by atoms with Crippen LogP contribution in [0.5, 0.6) is 5.75 Å². The fraction of sp³-hybridized carbons (Fsp3) is 0.316. The first-order valence-corrected chi connectivity index (χ1v) is 8.33.